The molecule has 0 fully saturated rings. The lowest BCUT2D eigenvalue weighted by molar-refractivity contribution is -0.145. The van der Waals surface area contributed by atoms with Gasteiger partial charge in [-0.1, -0.05) is 19.9 Å². The molecule has 1 aliphatic rings. The van der Waals surface area contributed by atoms with Crippen LogP contribution in [0.4, 0.5) is 0 Å². The smallest absolute Gasteiger partial charge is 0.338 e. The summed E-state index contributed by atoms with van der Waals surface area (Å²) >= 11 is 0. The van der Waals surface area contributed by atoms with Gasteiger partial charge in [-0.05, 0) is 54.9 Å². The normalized spacial score (nSPS) is 13.9. The number of hydrogen-bond donors (Lipinski definition) is 1. The van der Waals surface area contributed by atoms with Gasteiger partial charge in [0.15, 0.2) is 6.61 Å². The van der Waals surface area contributed by atoms with Crippen molar-refractivity contribution in [1.82, 2.24) is 5.32 Å². The van der Waals surface area contributed by atoms with Gasteiger partial charge in [0.1, 0.15) is 6.04 Å². The molecule has 0 bridgehead atoms. The molecule has 1 aromatic rings. The zero-order chi connectivity index (χ0) is 18.4. The number of rotatable bonds is 7. The van der Waals surface area contributed by atoms with Crippen molar-refractivity contribution in [2.24, 2.45) is 5.92 Å². The maximum Gasteiger partial charge on any atom is 0.338 e. The number of ether oxygens (including phenoxy) is 2. The van der Waals surface area contributed by atoms with E-state index in [2.05, 4.69) is 5.32 Å². The Hall–Kier alpha value is -2.37. The van der Waals surface area contributed by atoms with Crippen LogP contribution in [0.15, 0.2) is 18.2 Å². The molecule has 1 aliphatic carbocycles. The molecule has 25 heavy (non-hydrogen) atoms. The number of carbonyl (C=O) groups excluding carboxylic acids is 3. The zero-order valence-corrected chi connectivity index (χ0v) is 15.0. The highest BCUT2D eigenvalue weighted by Gasteiger charge is 2.23. The molecule has 6 nitrogen and oxygen atoms in total. The molecule has 0 aliphatic heterocycles. The summed E-state index contributed by atoms with van der Waals surface area (Å²) in [5.74, 6) is -1.36. The summed E-state index contributed by atoms with van der Waals surface area (Å²) in [6.07, 6.45) is 3.56. The van der Waals surface area contributed by atoms with E-state index < -0.39 is 30.5 Å². The molecule has 1 N–H and O–H groups in total. The predicted octanol–water partition coefficient (Wildman–Crippen LogP) is 2.04. The van der Waals surface area contributed by atoms with Crippen LogP contribution in [0.2, 0.25) is 0 Å². The standard InChI is InChI=1S/C19H25NO5/c1-12(2)9-16(19(23)24-3)20-17(21)11-25-18(22)15-8-7-13-5-4-6-14(13)10-15/h7-8,10,12,16H,4-6,9,11H2,1-3H3,(H,20,21)/t16-/m0/s1. The molecule has 6 heteroatoms. The van der Waals surface area contributed by atoms with Crippen LogP contribution in [0.25, 0.3) is 0 Å². The molecule has 0 spiro atoms. The van der Waals surface area contributed by atoms with Gasteiger partial charge in [-0.2, -0.15) is 0 Å². The van der Waals surface area contributed by atoms with Gasteiger partial charge in [-0.15, -0.1) is 0 Å². The number of aryl methyl sites for hydroxylation is 2. The number of carbonyl (C=O) groups is 3. The Kier molecular flexibility index (Phi) is 6.56. The van der Waals surface area contributed by atoms with Crippen molar-refractivity contribution in [3.8, 4) is 0 Å². The molecule has 0 heterocycles. The fourth-order valence-electron chi connectivity index (χ4n) is 2.98. The van der Waals surface area contributed by atoms with Crippen molar-refractivity contribution in [2.45, 2.75) is 45.6 Å². The Morgan fingerprint density at radius 2 is 1.88 bits per heavy atom. The van der Waals surface area contributed by atoms with Crippen molar-refractivity contribution < 1.29 is 23.9 Å². The molecule has 0 saturated carbocycles. The first-order chi connectivity index (χ1) is 11.9. The second-order valence-corrected chi connectivity index (χ2v) is 6.69. The first-order valence-electron chi connectivity index (χ1n) is 8.56. The van der Waals surface area contributed by atoms with E-state index in [1.54, 1.807) is 6.07 Å². The Balaban J connectivity index is 1.87. The van der Waals surface area contributed by atoms with E-state index >= 15 is 0 Å². The van der Waals surface area contributed by atoms with E-state index in [-0.39, 0.29) is 5.92 Å². The maximum atomic E-state index is 12.1. The predicted molar refractivity (Wildman–Crippen MR) is 92.2 cm³/mol. The highest BCUT2D eigenvalue weighted by Crippen LogP contribution is 2.23. The van der Waals surface area contributed by atoms with Crippen LogP contribution in [0.3, 0.4) is 0 Å². The van der Waals surface area contributed by atoms with E-state index in [0.29, 0.717) is 12.0 Å². The van der Waals surface area contributed by atoms with Crippen LogP contribution >= 0.6 is 0 Å². The van der Waals surface area contributed by atoms with Crippen molar-refractivity contribution in [2.75, 3.05) is 13.7 Å². The van der Waals surface area contributed by atoms with Crippen LogP contribution < -0.4 is 5.32 Å². The summed E-state index contributed by atoms with van der Waals surface area (Å²) in [5, 5.41) is 2.56. The Morgan fingerprint density at radius 3 is 2.56 bits per heavy atom. The van der Waals surface area contributed by atoms with Crippen molar-refractivity contribution in [1.29, 1.82) is 0 Å². The summed E-state index contributed by atoms with van der Waals surface area (Å²) in [6, 6.07) is 4.75. The van der Waals surface area contributed by atoms with E-state index in [0.717, 1.165) is 19.3 Å². The minimum absolute atomic E-state index is 0.207. The minimum atomic E-state index is -0.740. The summed E-state index contributed by atoms with van der Waals surface area (Å²) in [4.78, 5) is 35.8. The number of nitrogens with one attached hydrogen (secondary N) is 1. The Morgan fingerprint density at radius 1 is 1.16 bits per heavy atom. The second kappa shape index (κ2) is 8.65. The lowest BCUT2D eigenvalue weighted by atomic mass is 10.0. The third kappa shape index (κ3) is 5.31. The minimum Gasteiger partial charge on any atom is -0.467 e. The molecule has 0 unspecified atom stereocenters. The van der Waals surface area contributed by atoms with Crippen LogP contribution in [0, 0.1) is 5.92 Å². The van der Waals surface area contributed by atoms with Crippen LogP contribution in [-0.2, 0) is 31.9 Å². The van der Waals surface area contributed by atoms with Gasteiger partial charge < -0.3 is 14.8 Å². The summed E-state index contributed by atoms with van der Waals surface area (Å²) in [6.45, 7) is 3.45. The highest BCUT2D eigenvalue weighted by molar-refractivity contribution is 5.92. The summed E-state index contributed by atoms with van der Waals surface area (Å²) < 4.78 is 9.76. The number of amides is 1. The van der Waals surface area contributed by atoms with Gasteiger partial charge >= 0.3 is 11.9 Å². The average Bonchev–Trinajstić information content (AvgIpc) is 3.05. The van der Waals surface area contributed by atoms with Crippen LogP contribution in [0.1, 0.15) is 48.2 Å². The third-order valence-electron chi connectivity index (χ3n) is 4.20. The topological polar surface area (TPSA) is 81.7 Å². The zero-order valence-electron chi connectivity index (χ0n) is 15.0. The molecule has 1 amide bonds. The van der Waals surface area contributed by atoms with Gasteiger partial charge in [-0.25, -0.2) is 9.59 Å². The fourth-order valence-corrected chi connectivity index (χ4v) is 2.98. The Bertz CT molecular complexity index is 653. The second-order valence-electron chi connectivity index (χ2n) is 6.69. The molecule has 1 aromatic carbocycles. The van der Waals surface area contributed by atoms with E-state index in [1.807, 2.05) is 26.0 Å². The number of fused-ring (bicyclic) bond motifs is 1. The molecular weight excluding hydrogens is 322 g/mol. The average molecular weight is 347 g/mol. The van der Waals surface area contributed by atoms with Crippen molar-refractivity contribution in [3.05, 3.63) is 34.9 Å². The van der Waals surface area contributed by atoms with E-state index in [9.17, 15) is 14.4 Å². The lowest BCUT2D eigenvalue weighted by Crippen LogP contribution is -2.44. The van der Waals surface area contributed by atoms with Gasteiger partial charge in [-0.3, -0.25) is 4.79 Å². The molecule has 0 aromatic heterocycles. The SMILES string of the molecule is COC(=O)[C@H](CC(C)C)NC(=O)COC(=O)c1ccc2c(c1)CCC2. The molecule has 0 radical (unpaired) electrons. The fraction of sp³-hybridized carbons (Fsp3) is 0.526. The molecule has 1 atom stereocenters. The lowest BCUT2D eigenvalue weighted by Gasteiger charge is -2.18. The number of esters is 2. The van der Waals surface area contributed by atoms with Crippen LogP contribution in [-0.4, -0.2) is 37.6 Å². The molecule has 2 rings (SSSR count). The van der Waals surface area contributed by atoms with E-state index in [4.69, 9.17) is 9.47 Å². The maximum absolute atomic E-state index is 12.1. The molecule has 136 valence electrons. The highest BCUT2D eigenvalue weighted by atomic mass is 16.5. The first kappa shape index (κ1) is 19.0. The number of methoxy groups -OCH3 is 1. The Labute approximate surface area is 147 Å². The van der Waals surface area contributed by atoms with Crippen LogP contribution in [0.5, 0.6) is 0 Å². The quantitative estimate of drug-likeness (QED) is 0.763. The first-order valence-corrected chi connectivity index (χ1v) is 8.56. The molecule has 0 saturated heterocycles. The summed E-state index contributed by atoms with van der Waals surface area (Å²) in [5.41, 5.74) is 2.88. The number of hydrogen-bond acceptors (Lipinski definition) is 5. The summed E-state index contributed by atoms with van der Waals surface area (Å²) in [7, 11) is 1.27. The largest absolute Gasteiger partial charge is 0.467 e. The van der Waals surface area contributed by atoms with Gasteiger partial charge in [0.2, 0.25) is 0 Å². The van der Waals surface area contributed by atoms with Gasteiger partial charge in [0.05, 0.1) is 12.7 Å². The van der Waals surface area contributed by atoms with Gasteiger partial charge in [0.25, 0.3) is 5.91 Å². The third-order valence-corrected chi connectivity index (χ3v) is 4.20. The van der Waals surface area contributed by atoms with Crippen molar-refractivity contribution >= 4 is 17.8 Å². The monoisotopic (exact) mass is 347 g/mol. The van der Waals surface area contributed by atoms with Gasteiger partial charge in [0, 0.05) is 0 Å². The van der Waals surface area contributed by atoms with E-state index in [1.165, 1.54) is 18.2 Å². The number of benzene rings is 1. The van der Waals surface area contributed by atoms with Crippen molar-refractivity contribution in [3.63, 3.8) is 0 Å². The molecular formula is C19H25NO5.